The molecule has 1 heterocycles. The van der Waals surface area contributed by atoms with Crippen LogP contribution in [0.1, 0.15) is 6.92 Å². The summed E-state index contributed by atoms with van der Waals surface area (Å²) < 4.78 is 0. The lowest BCUT2D eigenvalue weighted by atomic mass is 10.3. The molecule has 0 aromatic carbocycles. The number of nitrogens with two attached hydrogens (primary N) is 1. The van der Waals surface area contributed by atoms with Gasteiger partial charge in [0.25, 0.3) is 0 Å². The molecule has 0 saturated heterocycles. The van der Waals surface area contributed by atoms with E-state index in [0.29, 0.717) is 0 Å². The number of rotatable bonds is 2. The van der Waals surface area contributed by atoms with E-state index in [-0.39, 0.29) is 0 Å². The molecule has 0 aromatic rings. The number of hydrogen-bond acceptors (Lipinski definition) is 3. The molecule has 0 radical (unpaired) electrons. The van der Waals surface area contributed by atoms with Crippen molar-refractivity contribution < 1.29 is 0 Å². The first-order valence-corrected chi connectivity index (χ1v) is 2.91. The van der Waals surface area contributed by atoms with Gasteiger partial charge in [-0.1, -0.05) is 0 Å². The Kier molecular flexibility index (Phi) is 1.75. The van der Waals surface area contributed by atoms with Crippen LogP contribution in [0.3, 0.4) is 0 Å². The maximum absolute atomic E-state index is 5.07. The second-order valence-electron chi connectivity index (χ2n) is 1.99. The lowest BCUT2D eigenvalue weighted by Crippen LogP contribution is -2.25. The summed E-state index contributed by atoms with van der Waals surface area (Å²) in [5, 5.41) is 0. The largest absolute Gasteiger partial charge is 0.347 e. The first kappa shape index (κ1) is 6.16. The molecule has 50 valence electrons. The summed E-state index contributed by atoms with van der Waals surface area (Å²) in [6, 6.07) is 0. The van der Waals surface area contributed by atoms with Crippen LogP contribution in [0.2, 0.25) is 0 Å². The van der Waals surface area contributed by atoms with Gasteiger partial charge in [-0.25, -0.2) is 0 Å². The molecule has 0 fully saturated rings. The van der Waals surface area contributed by atoms with Gasteiger partial charge in [0.1, 0.15) is 0 Å². The van der Waals surface area contributed by atoms with Gasteiger partial charge in [0.05, 0.1) is 0 Å². The molecule has 0 atom stereocenters. The number of allylic oxidation sites excluding steroid dienone is 1. The van der Waals surface area contributed by atoms with Gasteiger partial charge < -0.3 is 10.3 Å². The standard InChI is InChI=1S/C6H11N3/c1-6(5-8-7)9-3-2-4-9/h2-3,5,8H,4,7H2,1H3/b6-5-. The zero-order valence-electron chi connectivity index (χ0n) is 5.46. The van der Waals surface area contributed by atoms with Crippen LogP contribution in [0.15, 0.2) is 24.2 Å². The summed E-state index contributed by atoms with van der Waals surface area (Å²) in [4.78, 5) is 2.10. The maximum atomic E-state index is 5.07. The number of hydrazine groups is 1. The van der Waals surface area contributed by atoms with E-state index in [0.717, 1.165) is 12.2 Å². The minimum absolute atomic E-state index is 1.00. The number of hydrogen-bond donors (Lipinski definition) is 2. The average Bonchev–Trinajstić information content (AvgIpc) is 1.60. The van der Waals surface area contributed by atoms with Crippen molar-refractivity contribution in [3.05, 3.63) is 24.2 Å². The van der Waals surface area contributed by atoms with E-state index in [4.69, 9.17) is 5.84 Å². The van der Waals surface area contributed by atoms with Gasteiger partial charge in [-0.15, -0.1) is 0 Å². The van der Waals surface area contributed by atoms with E-state index in [1.54, 1.807) is 6.20 Å². The van der Waals surface area contributed by atoms with Gasteiger partial charge in [0.2, 0.25) is 0 Å². The Morgan fingerprint density at radius 2 is 2.56 bits per heavy atom. The fourth-order valence-corrected chi connectivity index (χ4v) is 0.676. The molecule has 3 nitrogen and oxygen atoms in total. The maximum Gasteiger partial charge on any atom is 0.0420 e. The van der Waals surface area contributed by atoms with Gasteiger partial charge in [-0.05, 0) is 13.0 Å². The van der Waals surface area contributed by atoms with Crippen LogP contribution >= 0.6 is 0 Å². The van der Waals surface area contributed by atoms with Crippen LogP contribution in [-0.4, -0.2) is 11.4 Å². The fourth-order valence-electron chi connectivity index (χ4n) is 0.676. The van der Waals surface area contributed by atoms with Crippen LogP contribution in [0.4, 0.5) is 0 Å². The van der Waals surface area contributed by atoms with E-state index in [1.165, 1.54) is 0 Å². The minimum atomic E-state index is 1.00. The van der Waals surface area contributed by atoms with Crippen molar-refractivity contribution in [2.75, 3.05) is 6.54 Å². The molecule has 1 aliphatic heterocycles. The highest BCUT2D eigenvalue weighted by Crippen LogP contribution is 2.09. The van der Waals surface area contributed by atoms with E-state index in [2.05, 4.69) is 16.4 Å². The third-order valence-corrected chi connectivity index (χ3v) is 1.33. The fraction of sp³-hybridized carbons (Fsp3) is 0.333. The predicted molar refractivity (Wildman–Crippen MR) is 36.9 cm³/mol. The molecule has 0 spiro atoms. The lowest BCUT2D eigenvalue weighted by molar-refractivity contribution is 0.464. The molecule has 3 N–H and O–H groups in total. The van der Waals surface area contributed by atoms with Gasteiger partial charge >= 0.3 is 0 Å². The molecule has 0 bridgehead atoms. The van der Waals surface area contributed by atoms with Crippen LogP contribution in [0.5, 0.6) is 0 Å². The normalized spacial score (nSPS) is 17.6. The second-order valence-corrected chi connectivity index (χ2v) is 1.99. The zero-order chi connectivity index (χ0) is 6.69. The Labute approximate surface area is 54.8 Å². The summed E-state index contributed by atoms with van der Waals surface area (Å²) in [6.45, 7) is 3.01. The second kappa shape index (κ2) is 2.55. The summed E-state index contributed by atoms with van der Waals surface area (Å²) in [7, 11) is 0. The van der Waals surface area contributed by atoms with Crippen molar-refractivity contribution in [2.24, 2.45) is 5.84 Å². The Bertz CT molecular complexity index is 148. The van der Waals surface area contributed by atoms with Gasteiger partial charge in [0.15, 0.2) is 0 Å². The van der Waals surface area contributed by atoms with Crippen LogP contribution in [-0.2, 0) is 0 Å². The number of nitrogens with zero attached hydrogens (tertiary/aromatic N) is 1. The highest BCUT2D eigenvalue weighted by atomic mass is 15.2. The Balaban J connectivity index is 2.42. The molecule has 0 aromatic heterocycles. The SMILES string of the molecule is C/C(=C/NN)N1C=CC1. The highest BCUT2D eigenvalue weighted by Gasteiger charge is 2.04. The Hall–Kier alpha value is -0.960. The van der Waals surface area contributed by atoms with Gasteiger partial charge in [-0.2, -0.15) is 0 Å². The van der Waals surface area contributed by atoms with E-state index in [9.17, 15) is 0 Å². The Morgan fingerprint density at radius 3 is 2.89 bits per heavy atom. The smallest absolute Gasteiger partial charge is 0.0420 e. The van der Waals surface area contributed by atoms with Crippen LogP contribution in [0, 0.1) is 0 Å². The Morgan fingerprint density at radius 1 is 1.89 bits per heavy atom. The van der Waals surface area contributed by atoms with Gasteiger partial charge in [-0.3, -0.25) is 5.84 Å². The molecule has 0 unspecified atom stereocenters. The van der Waals surface area contributed by atoms with Crippen LogP contribution < -0.4 is 11.3 Å². The summed E-state index contributed by atoms with van der Waals surface area (Å²) in [5.74, 6) is 5.07. The third-order valence-electron chi connectivity index (χ3n) is 1.33. The topological polar surface area (TPSA) is 41.3 Å². The first-order valence-electron chi connectivity index (χ1n) is 2.91. The van der Waals surface area contributed by atoms with E-state index < -0.39 is 0 Å². The van der Waals surface area contributed by atoms with Crippen LogP contribution in [0.25, 0.3) is 0 Å². The molecule has 3 heteroatoms. The molecule has 1 rings (SSSR count). The summed E-state index contributed by atoms with van der Waals surface area (Å²) in [5.41, 5.74) is 3.62. The van der Waals surface area contributed by atoms with Crippen molar-refractivity contribution in [1.29, 1.82) is 0 Å². The molecule has 0 amide bonds. The van der Waals surface area contributed by atoms with Crippen molar-refractivity contribution in [3.63, 3.8) is 0 Å². The first-order chi connectivity index (χ1) is 4.34. The summed E-state index contributed by atoms with van der Waals surface area (Å²) >= 11 is 0. The monoisotopic (exact) mass is 125 g/mol. The van der Waals surface area contributed by atoms with Crippen molar-refractivity contribution >= 4 is 0 Å². The highest BCUT2D eigenvalue weighted by molar-refractivity contribution is 5.10. The average molecular weight is 125 g/mol. The van der Waals surface area contributed by atoms with E-state index in [1.807, 2.05) is 13.1 Å². The predicted octanol–water partition coefficient (Wildman–Crippen LogP) is 0.140. The molecule has 1 aliphatic rings. The molecular formula is C6H11N3. The molecule has 0 saturated carbocycles. The van der Waals surface area contributed by atoms with Crippen molar-refractivity contribution in [2.45, 2.75) is 6.92 Å². The van der Waals surface area contributed by atoms with E-state index >= 15 is 0 Å². The van der Waals surface area contributed by atoms with Gasteiger partial charge in [0, 0.05) is 24.6 Å². The molecular weight excluding hydrogens is 114 g/mol. The molecule has 9 heavy (non-hydrogen) atoms. The molecule has 0 aliphatic carbocycles. The summed E-state index contributed by atoms with van der Waals surface area (Å²) in [6.07, 6.45) is 5.88. The van der Waals surface area contributed by atoms with Crippen molar-refractivity contribution in [3.8, 4) is 0 Å². The quantitative estimate of drug-likeness (QED) is 0.407. The third kappa shape index (κ3) is 1.23. The number of nitrogens with one attached hydrogen (secondary N) is 1. The minimum Gasteiger partial charge on any atom is -0.347 e. The zero-order valence-corrected chi connectivity index (χ0v) is 5.46. The lowest BCUT2D eigenvalue weighted by Gasteiger charge is -2.25. The van der Waals surface area contributed by atoms with Crippen molar-refractivity contribution in [1.82, 2.24) is 10.3 Å².